The molecule has 0 radical (unpaired) electrons. The lowest BCUT2D eigenvalue weighted by molar-refractivity contribution is 0.0441. The first-order valence-electron chi connectivity index (χ1n) is 10.8. The van der Waals surface area contributed by atoms with Crippen LogP contribution in [0.15, 0.2) is 52.3 Å². The average molecular weight is 490 g/mol. The van der Waals surface area contributed by atoms with E-state index in [0.29, 0.717) is 13.0 Å². The number of carbonyl (C=O) groups excluding carboxylic acids is 2. The average Bonchev–Trinajstić information content (AvgIpc) is 3.44. The summed E-state index contributed by atoms with van der Waals surface area (Å²) in [5.74, 6) is -0.985. The second-order valence-electron chi connectivity index (χ2n) is 8.69. The second kappa shape index (κ2) is 8.03. The van der Waals surface area contributed by atoms with Gasteiger partial charge in [-0.2, -0.15) is 0 Å². The third kappa shape index (κ3) is 3.89. The van der Waals surface area contributed by atoms with Crippen LogP contribution >= 0.6 is 0 Å². The molecular weight excluding hydrogens is 466 g/mol. The number of hydrogen-bond donors (Lipinski definition) is 0. The Morgan fingerprint density at radius 1 is 1.00 bits per heavy atom. The van der Waals surface area contributed by atoms with Crippen molar-refractivity contribution < 1.29 is 31.2 Å². The highest BCUT2D eigenvalue weighted by atomic mass is 32.2. The molecule has 5 rings (SSSR count). The number of fused-ring (bicyclic) bond motifs is 2. The largest absolute Gasteiger partial charge is 0.376 e. The van der Waals surface area contributed by atoms with E-state index in [-0.39, 0.29) is 50.6 Å². The van der Waals surface area contributed by atoms with Crippen molar-refractivity contribution in [3.05, 3.63) is 59.2 Å². The highest BCUT2D eigenvalue weighted by molar-refractivity contribution is 7.92. The van der Waals surface area contributed by atoms with Gasteiger partial charge in [-0.25, -0.2) is 16.8 Å². The van der Waals surface area contributed by atoms with Gasteiger partial charge >= 0.3 is 0 Å². The number of rotatable bonds is 4. The standard InChI is InChI=1S/C23H23NO7S2/c25-22-18-5-1-2-6-20(18)33(29,30)21-12-15(7-8-19(21)22)23(26)24(13-17-4-3-10-31-17)16-9-11-32(27,28)14-16/h1-2,5-8,12,16-17H,3-4,9-11,13-14H2. The summed E-state index contributed by atoms with van der Waals surface area (Å²) in [5.41, 5.74) is 0.242. The van der Waals surface area contributed by atoms with Gasteiger partial charge in [0.05, 0.1) is 27.4 Å². The van der Waals surface area contributed by atoms with E-state index in [2.05, 4.69) is 0 Å². The van der Waals surface area contributed by atoms with Gasteiger partial charge in [0.25, 0.3) is 5.91 Å². The fraction of sp³-hybridized carbons (Fsp3) is 0.391. The number of benzene rings is 2. The Bertz CT molecular complexity index is 1360. The molecule has 3 aliphatic rings. The molecule has 3 aliphatic heterocycles. The maximum Gasteiger partial charge on any atom is 0.254 e. The van der Waals surface area contributed by atoms with E-state index in [1.165, 1.54) is 35.2 Å². The Morgan fingerprint density at radius 3 is 2.45 bits per heavy atom. The number of ketones is 1. The maximum atomic E-state index is 13.6. The van der Waals surface area contributed by atoms with Gasteiger partial charge in [0.1, 0.15) is 0 Å². The van der Waals surface area contributed by atoms with Crippen molar-refractivity contribution in [1.29, 1.82) is 0 Å². The van der Waals surface area contributed by atoms with Crippen molar-refractivity contribution in [2.75, 3.05) is 24.7 Å². The lowest BCUT2D eigenvalue weighted by atomic mass is 10.0. The smallest absolute Gasteiger partial charge is 0.254 e. The summed E-state index contributed by atoms with van der Waals surface area (Å²) >= 11 is 0. The molecule has 0 aromatic heterocycles. The second-order valence-corrected chi connectivity index (χ2v) is 12.8. The molecule has 33 heavy (non-hydrogen) atoms. The molecule has 10 heteroatoms. The summed E-state index contributed by atoms with van der Waals surface area (Å²) in [6.45, 7) is 0.832. The molecule has 2 unspecified atom stereocenters. The number of sulfone groups is 2. The Kier molecular flexibility index (Phi) is 5.42. The van der Waals surface area contributed by atoms with Crippen LogP contribution in [0.1, 0.15) is 45.5 Å². The molecule has 2 saturated heterocycles. The molecular formula is C23H23NO7S2. The van der Waals surface area contributed by atoms with E-state index in [1.807, 2.05) is 0 Å². The van der Waals surface area contributed by atoms with Crippen molar-refractivity contribution in [3.8, 4) is 0 Å². The predicted octanol–water partition coefficient (Wildman–Crippen LogP) is 1.87. The Morgan fingerprint density at radius 2 is 1.76 bits per heavy atom. The van der Waals surface area contributed by atoms with Gasteiger partial charge in [-0.05, 0) is 49.6 Å². The lowest BCUT2D eigenvalue weighted by Crippen LogP contribution is -2.45. The first kappa shape index (κ1) is 22.2. The van der Waals surface area contributed by atoms with Crippen molar-refractivity contribution in [2.45, 2.75) is 41.2 Å². The van der Waals surface area contributed by atoms with Crippen LogP contribution in [0.4, 0.5) is 0 Å². The molecule has 3 heterocycles. The van der Waals surface area contributed by atoms with Crippen molar-refractivity contribution >= 4 is 31.4 Å². The maximum absolute atomic E-state index is 13.6. The molecule has 8 nitrogen and oxygen atoms in total. The molecule has 0 saturated carbocycles. The summed E-state index contributed by atoms with van der Waals surface area (Å²) in [7, 11) is -7.23. The Labute approximate surface area is 192 Å². The van der Waals surface area contributed by atoms with E-state index in [4.69, 9.17) is 4.74 Å². The van der Waals surface area contributed by atoms with Crippen molar-refractivity contribution in [2.24, 2.45) is 0 Å². The number of ether oxygens (including phenoxy) is 1. The SMILES string of the molecule is O=C1c2ccccc2S(=O)(=O)c2cc(C(=O)N(CC3CCCO3)C3CCS(=O)(=O)C3)ccc21. The molecule has 1 amide bonds. The van der Waals surface area contributed by atoms with Crippen molar-refractivity contribution in [1.82, 2.24) is 4.90 Å². The highest BCUT2D eigenvalue weighted by Crippen LogP contribution is 2.35. The van der Waals surface area contributed by atoms with Crippen LogP contribution in [-0.2, 0) is 24.4 Å². The van der Waals surface area contributed by atoms with Crippen molar-refractivity contribution in [3.63, 3.8) is 0 Å². The van der Waals surface area contributed by atoms with Crippen LogP contribution in [0.5, 0.6) is 0 Å². The third-order valence-corrected chi connectivity index (χ3v) is 10.1. The van der Waals surface area contributed by atoms with Crippen LogP contribution in [0, 0.1) is 0 Å². The normalized spacial score (nSPS) is 24.8. The first-order chi connectivity index (χ1) is 15.7. The number of hydrogen-bond acceptors (Lipinski definition) is 7. The summed E-state index contributed by atoms with van der Waals surface area (Å²) in [5, 5.41) is 0. The van der Waals surface area contributed by atoms with Crippen LogP contribution < -0.4 is 0 Å². The Hall–Kier alpha value is -2.56. The molecule has 0 aliphatic carbocycles. The zero-order valence-corrected chi connectivity index (χ0v) is 19.4. The summed E-state index contributed by atoms with van der Waals surface area (Å²) in [6.07, 6.45) is 1.78. The molecule has 2 atom stereocenters. The van der Waals surface area contributed by atoms with Gasteiger partial charge in [-0.3, -0.25) is 9.59 Å². The van der Waals surface area contributed by atoms with Gasteiger partial charge in [0.2, 0.25) is 9.84 Å². The molecule has 0 spiro atoms. The fourth-order valence-corrected chi connectivity index (χ4v) is 8.22. The topological polar surface area (TPSA) is 115 Å². The number of amides is 1. The monoisotopic (exact) mass is 489 g/mol. The van der Waals surface area contributed by atoms with Crippen LogP contribution in [0.2, 0.25) is 0 Å². The first-order valence-corrected chi connectivity index (χ1v) is 14.1. The van der Waals surface area contributed by atoms with E-state index in [0.717, 1.165) is 12.8 Å². The van der Waals surface area contributed by atoms with E-state index in [9.17, 15) is 26.4 Å². The van der Waals surface area contributed by atoms with Gasteiger partial charge in [-0.15, -0.1) is 0 Å². The third-order valence-electron chi connectivity index (χ3n) is 6.52. The van der Waals surface area contributed by atoms with E-state index < -0.39 is 37.4 Å². The van der Waals surface area contributed by atoms with Gasteiger partial charge in [-0.1, -0.05) is 12.1 Å². The van der Waals surface area contributed by atoms with Crippen LogP contribution in [-0.4, -0.2) is 70.2 Å². The summed E-state index contributed by atoms with van der Waals surface area (Å²) in [6, 6.07) is 9.56. The minimum Gasteiger partial charge on any atom is -0.376 e. The summed E-state index contributed by atoms with van der Waals surface area (Å²) < 4.78 is 56.3. The number of carbonyl (C=O) groups is 2. The molecule has 174 valence electrons. The zero-order chi connectivity index (χ0) is 23.4. The van der Waals surface area contributed by atoms with Gasteiger partial charge < -0.3 is 9.64 Å². The highest BCUT2D eigenvalue weighted by Gasteiger charge is 2.39. The molecule has 2 aromatic carbocycles. The molecule has 2 aromatic rings. The molecule has 2 fully saturated rings. The number of nitrogens with zero attached hydrogens (tertiary/aromatic N) is 1. The Balaban J connectivity index is 1.53. The minimum atomic E-state index is -3.99. The zero-order valence-electron chi connectivity index (χ0n) is 17.8. The predicted molar refractivity (Wildman–Crippen MR) is 119 cm³/mol. The fourth-order valence-electron chi connectivity index (χ4n) is 4.81. The van der Waals surface area contributed by atoms with Crippen LogP contribution in [0.25, 0.3) is 0 Å². The van der Waals surface area contributed by atoms with Gasteiger partial charge in [0, 0.05) is 35.9 Å². The molecule has 0 N–H and O–H groups in total. The van der Waals surface area contributed by atoms with E-state index in [1.54, 1.807) is 12.1 Å². The van der Waals surface area contributed by atoms with E-state index >= 15 is 0 Å². The lowest BCUT2D eigenvalue weighted by Gasteiger charge is -2.31. The van der Waals surface area contributed by atoms with Gasteiger partial charge in [0.15, 0.2) is 15.6 Å². The summed E-state index contributed by atoms with van der Waals surface area (Å²) in [4.78, 5) is 27.7. The minimum absolute atomic E-state index is 0.0107. The van der Waals surface area contributed by atoms with Crippen LogP contribution in [0.3, 0.4) is 0 Å². The quantitative estimate of drug-likeness (QED) is 0.549. The molecule has 0 bridgehead atoms.